The van der Waals surface area contributed by atoms with Gasteiger partial charge < -0.3 is 5.73 Å². The summed E-state index contributed by atoms with van der Waals surface area (Å²) < 4.78 is 36.6. The molecule has 0 aliphatic heterocycles. The molecule has 2 N–H and O–H groups in total. The molecule has 2 aromatic rings. The van der Waals surface area contributed by atoms with Crippen LogP contribution in [0.4, 0.5) is 19.0 Å². The second kappa shape index (κ2) is 5.76. The van der Waals surface area contributed by atoms with Crippen LogP contribution in [0.3, 0.4) is 0 Å². The number of hydrogen-bond acceptors (Lipinski definition) is 5. The number of halogens is 3. The van der Waals surface area contributed by atoms with Gasteiger partial charge in [-0.2, -0.15) is 13.2 Å². The molecule has 0 fully saturated rings. The molecule has 2 heterocycles. The lowest BCUT2D eigenvalue weighted by Crippen LogP contribution is -2.25. The molecule has 116 valence electrons. The fourth-order valence-corrected chi connectivity index (χ4v) is 3.09. The first-order valence-corrected chi connectivity index (χ1v) is 7.26. The van der Waals surface area contributed by atoms with Crippen LogP contribution in [0.5, 0.6) is 0 Å². The number of rotatable bonds is 4. The van der Waals surface area contributed by atoms with E-state index in [1.165, 1.54) is 11.3 Å². The van der Waals surface area contributed by atoms with Crippen LogP contribution in [0.2, 0.25) is 0 Å². The monoisotopic (exact) mass is 318 g/mol. The maximum atomic E-state index is 12.2. The van der Waals surface area contributed by atoms with Gasteiger partial charge in [-0.3, -0.25) is 4.90 Å². The van der Waals surface area contributed by atoms with Crippen molar-refractivity contribution in [1.82, 2.24) is 14.9 Å². The molecule has 0 atom stereocenters. The number of alkyl halides is 3. The van der Waals surface area contributed by atoms with Gasteiger partial charge in [0.15, 0.2) is 0 Å². The van der Waals surface area contributed by atoms with E-state index >= 15 is 0 Å². The van der Waals surface area contributed by atoms with Crippen molar-refractivity contribution in [1.29, 1.82) is 0 Å². The molecular weight excluding hydrogens is 301 g/mol. The number of nitrogens with two attached hydrogens (primary N) is 1. The Hall–Kier alpha value is -1.41. The van der Waals surface area contributed by atoms with Gasteiger partial charge in [-0.1, -0.05) is 0 Å². The van der Waals surface area contributed by atoms with Gasteiger partial charge in [0.2, 0.25) is 0 Å². The third-order valence-electron chi connectivity index (χ3n) is 3.29. The first kappa shape index (κ1) is 16.0. The van der Waals surface area contributed by atoms with E-state index in [1.807, 2.05) is 13.8 Å². The van der Waals surface area contributed by atoms with Crippen molar-refractivity contribution in [2.24, 2.45) is 0 Å². The van der Waals surface area contributed by atoms with Crippen LogP contribution in [0, 0.1) is 13.8 Å². The van der Waals surface area contributed by atoms with Crippen LogP contribution in [0.15, 0.2) is 0 Å². The van der Waals surface area contributed by atoms with E-state index in [1.54, 1.807) is 11.9 Å². The predicted molar refractivity (Wildman–Crippen MR) is 78.3 cm³/mol. The highest BCUT2D eigenvalue weighted by molar-refractivity contribution is 7.18. The van der Waals surface area contributed by atoms with Crippen molar-refractivity contribution < 1.29 is 13.2 Å². The minimum absolute atomic E-state index is 0.0900. The van der Waals surface area contributed by atoms with Crippen LogP contribution in [0.1, 0.15) is 22.7 Å². The Bertz CT molecular complexity index is 651. The average molecular weight is 318 g/mol. The number of hydrogen-bond donors (Lipinski definition) is 1. The molecule has 2 aromatic heterocycles. The largest absolute Gasteiger partial charge is 0.390 e. The second-order valence-electron chi connectivity index (χ2n) is 5.09. The van der Waals surface area contributed by atoms with Crippen molar-refractivity contribution in [2.45, 2.75) is 33.0 Å². The van der Waals surface area contributed by atoms with E-state index < -0.39 is 12.6 Å². The van der Waals surface area contributed by atoms with Crippen molar-refractivity contribution in [3.05, 3.63) is 16.3 Å². The van der Waals surface area contributed by atoms with E-state index in [0.29, 0.717) is 11.6 Å². The maximum absolute atomic E-state index is 12.2. The molecule has 2 rings (SSSR count). The van der Waals surface area contributed by atoms with Gasteiger partial charge in [0.25, 0.3) is 0 Å². The van der Waals surface area contributed by atoms with Gasteiger partial charge in [-0.15, -0.1) is 11.3 Å². The Morgan fingerprint density at radius 1 is 1.24 bits per heavy atom. The van der Waals surface area contributed by atoms with E-state index in [-0.39, 0.29) is 13.1 Å². The SMILES string of the molecule is Cc1sc2nc(CN(C)CCC(F)(F)F)nc(N)c2c1C. The van der Waals surface area contributed by atoms with Gasteiger partial charge in [0, 0.05) is 11.4 Å². The van der Waals surface area contributed by atoms with Crippen molar-refractivity contribution >= 4 is 27.4 Å². The third kappa shape index (κ3) is 3.82. The standard InChI is InChI=1S/C13H17F3N4S/c1-7-8(2)21-12-10(7)11(17)18-9(19-12)6-20(3)5-4-13(14,15)16/h4-6H2,1-3H3,(H2,17,18,19). The summed E-state index contributed by atoms with van der Waals surface area (Å²) in [6.07, 6.45) is -5.00. The highest BCUT2D eigenvalue weighted by Crippen LogP contribution is 2.32. The molecular formula is C13H17F3N4S. The van der Waals surface area contributed by atoms with Gasteiger partial charge in [-0.05, 0) is 26.5 Å². The van der Waals surface area contributed by atoms with Crippen molar-refractivity contribution in [2.75, 3.05) is 19.3 Å². The number of fused-ring (bicyclic) bond motifs is 1. The van der Waals surface area contributed by atoms with Crippen LogP contribution >= 0.6 is 11.3 Å². The average Bonchev–Trinajstić information content (AvgIpc) is 2.62. The molecule has 0 saturated heterocycles. The van der Waals surface area contributed by atoms with Crippen molar-refractivity contribution in [3.8, 4) is 0 Å². The summed E-state index contributed by atoms with van der Waals surface area (Å²) >= 11 is 1.52. The molecule has 0 aliphatic carbocycles. The van der Waals surface area contributed by atoms with Gasteiger partial charge >= 0.3 is 6.18 Å². The summed E-state index contributed by atoms with van der Waals surface area (Å²) in [5.41, 5.74) is 7.01. The zero-order valence-electron chi connectivity index (χ0n) is 12.1. The van der Waals surface area contributed by atoms with Gasteiger partial charge in [-0.25, -0.2) is 9.97 Å². The zero-order chi connectivity index (χ0) is 15.8. The molecule has 0 spiro atoms. The predicted octanol–water partition coefficient (Wildman–Crippen LogP) is 3.27. The topological polar surface area (TPSA) is 55.0 Å². The highest BCUT2D eigenvalue weighted by atomic mass is 32.1. The molecule has 4 nitrogen and oxygen atoms in total. The fourth-order valence-electron chi connectivity index (χ4n) is 2.04. The third-order valence-corrected chi connectivity index (χ3v) is 4.39. The first-order valence-electron chi connectivity index (χ1n) is 6.45. The van der Waals surface area contributed by atoms with Crippen LogP contribution < -0.4 is 5.73 Å². The Balaban J connectivity index is 2.16. The molecule has 0 amide bonds. The Labute approximate surface area is 124 Å². The lowest BCUT2D eigenvalue weighted by molar-refractivity contribution is -0.137. The summed E-state index contributed by atoms with van der Waals surface area (Å²) in [7, 11) is 1.61. The molecule has 0 aromatic carbocycles. The van der Waals surface area contributed by atoms with Crippen molar-refractivity contribution in [3.63, 3.8) is 0 Å². The van der Waals surface area contributed by atoms with E-state index in [4.69, 9.17) is 5.73 Å². The smallest absolute Gasteiger partial charge is 0.383 e. The minimum atomic E-state index is -4.15. The lowest BCUT2D eigenvalue weighted by Gasteiger charge is -2.16. The summed E-state index contributed by atoms with van der Waals surface area (Å²) in [5.74, 6) is 0.840. The van der Waals surface area contributed by atoms with E-state index in [9.17, 15) is 13.2 Å². The molecule has 8 heteroatoms. The van der Waals surface area contributed by atoms with Crippen LogP contribution in [0.25, 0.3) is 10.2 Å². The Morgan fingerprint density at radius 3 is 2.52 bits per heavy atom. The van der Waals surface area contributed by atoms with Crippen LogP contribution in [-0.4, -0.2) is 34.6 Å². The Morgan fingerprint density at radius 2 is 1.90 bits per heavy atom. The maximum Gasteiger partial charge on any atom is 0.390 e. The zero-order valence-corrected chi connectivity index (χ0v) is 12.9. The summed E-state index contributed by atoms with van der Waals surface area (Å²) in [6, 6.07) is 0. The molecule has 0 saturated carbocycles. The van der Waals surface area contributed by atoms with Gasteiger partial charge in [0.05, 0.1) is 18.4 Å². The number of nitrogens with zero attached hydrogens (tertiary/aromatic N) is 3. The van der Waals surface area contributed by atoms with E-state index in [2.05, 4.69) is 9.97 Å². The molecule has 0 aliphatic rings. The van der Waals surface area contributed by atoms with E-state index in [0.717, 1.165) is 20.7 Å². The molecule has 0 bridgehead atoms. The lowest BCUT2D eigenvalue weighted by atomic mass is 10.2. The van der Waals surface area contributed by atoms with Crippen LogP contribution in [-0.2, 0) is 6.54 Å². The summed E-state index contributed by atoms with van der Waals surface area (Å²) in [4.78, 5) is 12.1. The first-order chi connectivity index (χ1) is 9.67. The molecule has 0 radical (unpaired) electrons. The minimum Gasteiger partial charge on any atom is -0.383 e. The normalized spacial score (nSPS) is 12.5. The quantitative estimate of drug-likeness (QED) is 0.940. The fraction of sp³-hybridized carbons (Fsp3) is 0.538. The van der Waals surface area contributed by atoms with Gasteiger partial charge in [0.1, 0.15) is 16.5 Å². The number of aryl methyl sites for hydroxylation is 2. The second-order valence-corrected chi connectivity index (χ2v) is 6.29. The number of nitrogen functional groups attached to an aromatic ring is 1. The summed E-state index contributed by atoms with van der Waals surface area (Å²) in [6.45, 7) is 4.10. The highest BCUT2D eigenvalue weighted by Gasteiger charge is 2.27. The number of thiophene rings is 1. The number of aromatic nitrogens is 2. The summed E-state index contributed by atoms with van der Waals surface area (Å²) in [5, 5.41) is 0.846. The number of anilines is 1. The Kier molecular flexibility index (Phi) is 4.38. The molecule has 21 heavy (non-hydrogen) atoms. The molecule has 0 unspecified atom stereocenters.